The molecule has 0 atom stereocenters. The first-order valence-electron chi connectivity index (χ1n) is 7.39. The fraction of sp³-hybridized carbons (Fsp3) is 0.176. The number of anilines is 1. The van der Waals surface area contributed by atoms with Gasteiger partial charge < -0.3 is 5.32 Å². The number of carbonyl (C=O) groups excluding carboxylic acids is 1. The summed E-state index contributed by atoms with van der Waals surface area (Å²) in [5, 5.41) is 14.3. The molecular formula is C17H17N5O. The Hall–Kier alpha value is -3.02. The summed E-state index contributed by atoms with van der Waals surface area (Å²) in [5.74, 6) is 0.646. The Kier molecular flexibility index (Phi) is 4.42. The van der Waals surface area contributed by atoms with Crippen molar-refractivity contribution < 1.29 is 4.79 Å². The topological polar surface area (TPSA) is 72.7 Å². The van der Waals surface area contributed by atoms with Gasteiger partial charge in [-0.2, -0.15) is 0 Å². The van der Waals surface area contributed by atoms with E-state index in [0.717, 1.165) is 23.2 Å². The lowest BCUT2D eigenvalue weighted by Gasteiger charge is -2.07. The molecule has 116 valence electrons. The van der Waals surface area contributed by atoms with Crippen molar-refractivity contribution in [2.75, 3.05) is 5.32 Å². The van der Waals surface area contributed by atoms with E-state index in [4.69, 9.17) is 0 Å². The highest BCUT2D eigenvalue weighted by Gasteiger charge is 2.08. The Labute approximate surface area is 134 Å². The minimum absolute atomic E-state index is 0.0120. The quantitative estimate of drug-likeness (QED) is 0.786. The Bertz CT molecular complexity index is 798. The molecule has 3 aromatic rings. The minimum atomic E-state index is -0.0120. The van der Waals surface area contributed by atoms with E-state index in [0.29, 0.717) is 12.2 Å². The van der Waals surface area contributed by atoms with Crippen LogP contribution in [0, 0.1) is 0 Å². The summed E-state index contributed by atoms with van der Waals surface area (Å²) < 4.78 is 1.59. The van der Waals surface area contributed by atoms with Crippen LogP contribution in [0.25, 0.3) is 11.4 Å². The van der Waals surface area contributed by atoms with Crippen LogP contribution in [0.4, 0.5) is 5.69 Å². The number of benzene rings is 2. The maximum Gasteiger partial charge on any atom is 0.224 e. The molecule has 0 bridgehead atoms. The second-order valence-corrected chi connectivity index (χ2v) is 5.24. The fourth-order valence-electron chi connectivity index (χ4n) is 2.34. The Morgan fingerprint density at radius 3 is 2.70 bits per heavy atom. The van der Waals surface area contributed by atoms with Crippen LogP contribution < -0.4 is 5.32 Å². The molecule has 3 rings (SSSR count). The van der Waals surface area contributed by atoms with Crippen molar-refractivity contribution >= 4 is 11.6 Å². The Balaban J connectivity index is 1.64. The van der Waals surface area contributed by atoms with E-state index >= 15 is 0 Å². The third kappa shape index (κ3) is 3.79. The minimum Gasteiger partial charge on any atom is -0.326 e. The molecule has 1 aromatic heterocycles. The molecule has 1 N–H and O–H groups in total. The highest BCUT2D eigenvalue weighted by atomic mass is 16.1. The molecule has 0 aliphatic heterocycles. The summed E-state index contributed by atoms with van der Waals surface area (Å²) >= 11 is 0. The molecule has 0 radical (unpaired) electrons. The van der Waals surface area contributed by atoms with Crippen molar-refractivity contribution in [2.24, 2.45) is 7.05 Å². The fourth-order valence-corrected chi connectivity index (χ4v) is 2.34. The lowest BCUT2D eigenvalue weighted by molar-refractivity contribution is -0.116. The number of hydrogen-bond donors (Lipinski definition) is 1. The normalized spacial score (nSPS) is 10.5. The van der Waals surface area contributed by atoms with Gasteiger partial charge in [0.1, 0.15) is 0 Å². The van der Waals surface area contributed by atoms with E-state index in [9.17, 15) is 4.79 Å². The Morgan fingerprint density at radius 1 is 1.13 bits per heavy atom. The van der Waals surface area contributed by atoms with Crippen LogP contribution in [0.3, 0.4) is 0 Å². The number of aromatic nitrogens is 4. The predicted octanol–water partition coefficient (Wildman–Crippen LogP) is 2.45. The van der Waals surface area contributed by atoms with Gasteiger partial charge in [-0.15, -0.1) is 5.10 Å². The van der Waals surface area contributed by atoms with Gasteiger partial charge in [-0.3, -0.25) is 4.79 Å². The van der Waals surface area contributed by atoms with Crippen LogP contribution in [0.1, 0.15) is 12.0 Å². The molecule has 0 aliphatic rings. The van der Waals surface area contributed by atoms with Crippen LogP contribution in [-0.2, 0) is 18.3 Å². The largest absolute Gasteiger partial charge is 0.326 e. The summed E-state index contributed by atoms with van der Waals surface area (Å²) in [6, 6.07) is 17.5. The van der Waals surface area contributed by atoms with Crippen molar-refractivity contribution in [1.82, 2.24) is 20.2 Å². The van der Waals surface area contributed by atoms with Gasteiger partial charge >= 0.3 is 0 Å². The SMILES string of the molecule is Cn1nnnc1-c1cccc(NC(=O)CCc2ccccc2)c1. The number of nitrogens with one attached hydrogen (secondary N) is 1. The number of hydrogen-bond acceptors (Lipinski definition) is 4. The number of rotatable bonds is 5. The van der Waals surface area contributed by atoms with Crippen molar-refractivity contribution in [3.8, 4) is 11.4 Å². The predicted molar refractivity (Wildman–Crippen MR) is 87.6 cm³/mol. The van der Waals surface area contributed by atoms with Crippen molar-refractivity contribution in [3.63, 3.8) is 0 Å². The summed E-state index contributed by atoms with van der Waals surface area (Å²) in [4.78, 5) is 12.1. The molecule has 1 heterocycles. The first-order valence-corrected chi connectivity index (χ1v) is 7.39. The average Bonchev–Trinajstić information content (AvgIpc) is 3.00. The maximum atomic E-state index is 12.1. The molecule has 0 saturated carbocycles. The molecule has 0 saturated heterocycles. The first kappa shape index (κ1) is 14.9. The summed E-state index contributed by atoms with van der Waals surface area (Å²) in [6.45, 7) is 0. The first-order chi connectivity index (χ1) is 11.2. The van der Waals surface area contributed by atoms with E-state index in [1.807, 2.05) is 54.6 Å². The second kappa shape index (κ2) is 6.83. The van der Waals surface area contributed by atoms with Gasteiger partial charge in [-0.1, -0.05) is 42.5 Å². The van der Waals surface area contributed by atoms with Crippen molar-refractivity contribution in [1.29, 1.82) is 0 Å². The van der Waals surface area contributed by atoms with E-state index < -0.39 is 0 Å². The molecule has 23 heavy (non-hydrogen) atoms. The standard InChI is InChI=1S/C17H17N5O/c1-22-17(19-20-21-22)14-8-5-9-15(12-14)18-16(23)11-10-13-6-3-2-4-7-13/h2-9,12H,10-11H2,1H3,(H,18,23). The summed E-state index contributed by atoms with van der Waals surface area (Å²) in [5.41, 5.74) is 2.75. The van der Waals surface area contributed by atoms with Crippen LogP contribution in [0.15, 0.2) is 54.6 Å². The number of amides is 1. The smallest absolute Gasteiger partial charge is 0.224 e. The molecule has 0 fully saturated rings. The number of aryl methyl sites for hydroxylation is 2. The van der Waals surface area contributed by atoms with E-state index in [1.165, 1.54) is 0 Å². The second-order valence-electron chi connectivity index (χ2n) is 5.24. The zero-order valence-corrected chi connectivity index (χ0v) is 12.8. The van der Waals surface area contributed by atoms with Gasteiger partial charge in [0.2, 0.25) is 5.91 Å². The van der Waals surface area contributed by atoms with Gasteiger partial charge in [-0.05, 0) is 34.5 Å². The van der Waals surface area contributed by atoms with Crippen LogP contribution in [0.2, 0.25) is 0 Å². The maximum absolute atomic E-state index is 12.1. The van der Waals surface area contributed by atoms with Gasteiger partial charge in [0.15, 0.2) is 5.82 Å². The van der Waals surface area contributed by atoms with Gasteiger partial charge in [0, 0.05) is 24.7 Å². The third-order valence-electron chi connectivity index (χ3n) is 3.51. The number of nitrogens with zero attached hydrogens (tertiary/aromatic N) is 4. The highest BCUT2D eigenvalue weighted by molar-refractivity contribution is 5.91. The van der Waals surface area contributed by atoms with Crippen LogP contribution in [0.5, 0.6) is 0 Å². The Morgan fingerprint density at radius 2 is 1.96 bits per heavy atom. The number of tetrazole rings is 1. The lowest BCUT2D eigenvalue weighted by Crippen LogP contribution is -2.12. The molecule has 0 aliphatic carbocycles. The summed E-state index contributed by atoms with van der Waals surface area (Å²) in [7, 11) is 1.78. The van der Waals surface area contributed by atoms with Crippen LogP contribution in [-0.4, -0.2) is 26.1 Å². The van der Waals surface area contributed by atoms with Crippen molar-refractivity contribution in [3.05, 3.63) is 60.2 Å². The zero-order valence-electron chi connectivity index (χ0n) is 12.8. The molecule has 6 heteroatoms. The van der Waals surface area contributed by atoms with Crippen molar-refractivity contribution in [2.45, 2.75) is 12.8 Å². The molecule has 0 spiro atoms. The third-order valence-corrected chi connectivity index (χ3v) is 3.51. The molecule has 6 nitrogen and oxygen atoms in total. The number of carbonyl (C=O) groups is 1. The van der Waals surface area contributed by atoms with E-state index in [-0.39, 0.29) is 5.91 Å². The van der Waals surface area contributed by atoms with Gasteiger partial charge in [0.05, 0.1) is 0 Å². The zero-order chi connectivity index (χ0) is 16.1. The lowest BCUT2D eigenvalue weighted by atomic mass is 10.1. The van der Waals surface area contributed by atoms with Gasteiger partial charge in [0.25, 0.3) is 0 Å². The summed E-state index contributed by atoms with van der Waals surface area (Å²) in [6.07, 6.45) is 1.17. The van der Waals surface area contributed by atoms with Gasteiger partial charge in [-0.25, -0.2) is 4.68 Å². The molecule has 0 unspecified atom stereocenters. The monoisotopic (exact) mass is 307 g/mol. The van der Waals surface area contributed by atoms with E-state index in [1.54, 1.807) is 11.7 Å². The molecule has 1 amide bonds. The molecular weight excluding hydrogens is 290 g/mol. The van der Waals surface area contributed by atoms with Crippen LogP contribution >= 0.6 is 0 Å². The average molecular weight is 307 g/mol. The van der Waals surface area contributed by atoms with E-state index in [2.05, 4.69) is 20.8 Å². The highest BCUT2D eigenvalue weighted by Crippen LogP contribution is 2.19. The molecule has 2 aromatic carbocycles.